The average molecular weight is 244 g/mol. The summed E-state index contributed by atoms with van der Waals surface area (Å²) in [5.41, 5.74) is 3.01. The molecule has 0 aromatic heterocycles. The minimum Gasteiger partial charge on any atom is -0.493 e. The largest absolute Gasteiger partial charge is 0.493 e. The van der Waals surface area contributed by atoms with Crippen molar-refractivity contribution in [3.05, 3.63) is 29.3 Å². The Morgan fingerprint density at radius 2 is 2.00 bits per heavy atom. The van der Waals surface area contributed by atoms with E-state index in [1.807, 2.05) is 12.1 Å². The molecule has 0 saturated heterocycles. The van der Waals surface area contributed by atoms with Gasteiger partial charge < -0.3 is 14.8 Å². The maximum atomic E-state index is 8.84. The molecule has 0 amide bonds. The minimum absolute atomic E-state index is 0.301. The summed E-state index contributed by atoms with van der Waals surface area (Å²) in [4.78, 5) is 0. The quantitative estimate of drug-likeness (QED) is 0.809. The summed E-state index contributed by atoms with van der Waals surface area (Å²) in [6, 6.07) is 6.27. The first kappa shape index (κ1) is 12.3. The van der Waals surface area contributed by atoms with Gasteiger partial charge in [0.15, 0.2) is 11.5 Å². The monoisotopic (exact) mass is 244 g/mol. The SMILES string of the molecule is COc1cc2c(cc1OC)C(=CC#N)NC(C)C2. The van der Waals surface area contributed by atoms with Crippen LogP contribution in [0.25, 0.3) is 5.70 Å². The van der Waals surface area contributed by atoms with E-state index in [2.05, 4.69) is 18.3 Å². The van der Waals surface area contributed by atoms with Crippen molar-refractivity contribution in [1.82, 2.24) is 5.32 Å². The summed E-state index contributed by atoms with van der Waals surface area (Å²) >= 11 is 0. The predicted molar refractivity (Wildman–Crippen MR) is 69.4 cm³/mol. The first-order valence-corrected chi connectivity index (χ1v) is 5.81. The molecule has 1 atom stereocenters. The van der Waals surface area contributed by atoms with Gasteiger partial charge in [-0.1, -0.05) is 0 Å². The summed E-state index contributed by atoms with van der Waals surface area (Å²) in [5.74, 6) is 1.40. The van der Waals surface area contributed by atoms with E-state index in [9.17, 15) is 0 Å². The fourth-order valence-electron chi connectivity index (χ4n) is 2.25. The molecule has 18 heavy (non-hydrogen) atoms. The molecule has 0 radical (unpaired) electrons. The van der Waals surface area contributed by atoms with Gasteiger partial charge in [-0.2, -0.15) is 5.26 Å². The van der Waals surface area contributed by atoms with Crippen molar-refractivity contribution in [2.75, 3.05) is 14.2 Å². The van der Waals surface area contributed by atoms with Crippen molar-refractivity contribution in [3.63, 3.8) is 0 Å². The van der Waals surface area contributed by atoms with Gasteiger partial charge in [-0.25, -0.2) is 0 Å². The second-order valence-corrected chi connectivity index (χ2v) is 4.30. The van der Waals surface area contributed by atoms with Gasteiger partial charge in [0.05, 0.1) is 26.0 Å². The topological polar surface area (TPSA) is 54.3 Å². The second kappa shape index (κ2) is 5.01. The van der Waals surface area contributed by atoms with Crippen LogP contribution in [0, 0.1) is 11.3 Å². The van der Waals surface area contributed by atoms with Crippen molar-refractivity contribution < 1.29 is 9.47 Å². The molecule has 1 aromatic rings. The standard InChI is InChI=1S/C14H16N2O2/c1-9-6-10-7-13(17-2)14(18-3)8-11(10)12(16-9)4-5-15/h4,7-9,16H,6H2,1-3H3. The van der Waals surface area contributed by atoms with Crippen LogP contribution in [0.1, 0.15) is 18.1 Å². The number of fused-ring (bicyclic) bond motifs is 1. The number of rotatable bonds is 2. The second-order valence-electron chi connectivity index (χ2n) is 4.30. The van der Waals surface area contributed by atoms with Gasteiger partial charge in [0.1, 0.15) is 0 Å². The maximum absolute atomic E-state index is 8.84. The van der Waals surface area contributed by atoms with Crippen molar-refractivity contribution >= 4 is 5.70 Å². The Hall–Kier alpha value is -2.15. The molecule has 1 unspecified atom stereocenters. The van der Waals surface area contributed by atoms with E-state index in [-0.39, 0.29) is 0 Å². The van der Waals surface area contributed by atoms with Crippen molar-refractivity contribution in [2.24, 2.45) is 0 Å². The third-order valence-electron chi connectivity index (χ3n) is 3.04. The van der Waals surface area contributed by atoms with Gasteiger partial charge in [-0.15, -0.1) is 0 Å². The fourth-order valence-corrected chi connectivity index (χ4v) is 2.25. The average Bonchev–Trinajstić information content (AvgIpc) is 2.37. The molecule has 94 valence electrons. The minimum atomic E-state index is 0.301. The highest BCUT2D eigenvalue weighted by atomic mass is 16.5. The van der Waals surface area contributed by atoms with Crippen LogP contribution in [0.2, 0.25) is 0 Å². The van der Waals surface area contributed by atoms with E-state index in [1.165, 1.54) is 11.6 Å². The molecule has 0 spiro atoms. The first-order valence-electron chi connectivity index (χ1n) is 5.81. The number of nitrogens with zero attached hydrogens (tertiary/aromatic N) is 1. The summed E-state index contributed by atoms with van der Waals surface area (Å²) < 4.78 is 10.6. The van der Waals surface area contributed by atoms with Gasteiger partial charge in [0.2, 0.25) is 0 Å². The lowest BCUT2D eigenvalue weighted by Crippen LogP contribution is -2.31. The van der Waals surface area contributed by atoms with Crippen molar-refractivity contribution in [3.8, 4) is 17.6 Å². The lowest BCUT2D eigenvalue weighted by molar-refractivity contribution is 0.354. The van der Waals surface area contributed by atoms with Crippen LogP contribution in [0.5, 0.6) is 11.5 Å². The Bertz CT molecular complexity index is 529. The number of hydrogen-bond donors (Lipinski definition) is 1. The molecule has 1 heterocycles. The number of benzene rings is 1. The van der Waals surface area contributed by atoms with E-state index in [0.717, 1.165) is 23.4 Å². The highest BCUT2D eigenvalue weighted by Gasteiger charge is 2.21. The molecule has 1 aromatic carbocycles. The van der Waals surface area contributed by atoms with Crippen LogP contribution in [0.3, 0.4) is 0 Å². The van der Waals surface area contributed by atoms with Crippen LogP contribution in [0.15, 0.2) is 18.2 Å². The Kier molecular flexibility index (Phi) is 3.42. The summed E-state index contributed by atoms with van der Waals surface area (Å²) in [7, 11) is 3.23. The van der Waals surface area contributed by atoms with E-state index in [1.54, 1.807) is 14.2 Å². The number of hydrogen-bond acceptors (Lipinski definition) is 4. The molecular weight excluding hydrogens is 228 g/mol. The normalized spacial score (nSPS) is 19.7. The van der Waals surface area contributed by atoms with Crippen LogP contribution >= 0.6 is 0 Å². The van der Waals surface area contributed by atoms with Crippen LogP contribution in [0.4, 0.5) is 0 Å². The molecule has 4 heteroatoms. The lowest BCUT2D eigenvalue weighted by Gasteiger charge is -2.27. The number of ether oxygens (including phenoxy) is 2. The Labute approximate surface area is 107 Å². The van der Waals surface area contributed by atoms with E-state index in [4.69, 9.17) is 14.7 Å². The summed E-state index contributed by atoms with van der Waals surface area (Å²) in [5, 5.41) is 12.1. The zero-order valence-electron chi connectivity index (χ0n) is 10.8. The molecule has 1 aliphatic rings. The van der Waals surface area contributed by atoms with E-state index < -0.39 is 0 Å². The smallest absolute Gasteiger partial charge is 0.161 e. The number of nitrogens with one attached hydrogen (secondary N) is 1. The Morgan fingerprint density at radius 1 is 1.33 bits per heavy atom. The Balaban J connectivity index is 2.57. The first-order chi connectivity index (χ1) is 8.69. The third-order valence-corrected chi connectivity index (χ3v) is 3.04. The molecule has 4 nitrogen and oxygen atoms in total. The Morgan fingerprint density at radius 3 is 2.61 bits per heavy atom. The molecule has 0 fully saturated rings. The van der Waals surface area contributed by atoms with Gasteiger partial charge in [0, 0.05) is 17.7 Å². The van der Waals surface area contributed by atoms with Crippen LogP contribution in [-0.4, -0.2) is 20.3 Å². The van der Waals surface area contributed by atoms with Crippen LogP contribution < -0.4 is 14.8 Å². The molecule has 0 bridgehead atoms. The zero-order valence-corrected chi connectivity index (χ0v) is 10.8. The molecule has 0 saturated carbocycles. The van der Waals surface area contributed by atoms with Crippen LogP contribution in [-0.2, 0) is 6.42 Å². The van der Waals surface area contributed by atoms with E-state index >= 15 is 0 Å². The fraction of sp³-hybridized carbons (Fsp3) is 0.357. The van der Waals surface area contributed by atoms with E-state index in [0.29, 0.717) is 11.8 Å². The molecular formula is C14H16N2O2. The number of allylic oxidation sites excluding steroid dienone is 1. The summed E-state index contributed by atoms with van der Waals surface area (Å²) in [6.45, 7) is 2.09. The van der Waals surface area contributed by atoms with Gasteiger partial charge in [0.25, 0.3) is 0 Å². The molecule has 0 aliphatic carbocycles. The number of nitriles is 1. The zero-order chi connectivity index (χ0) is 13.1. The summed E-state index contributed by atoms with van der Waals surface area (Å²) in [6.07, 6.45) is 2.43. The maximum Gasteiger partial charge on any atom is 0.161 e. The molecule has 2 rings (SSSR count). The number of methoxy groups -OCH3 is 2. The van der Waals surface area contributed by atoms with Gasteiger partial charge in [-0.05, 0) is 31.0 Å². The van der Waals surface area contributed by atoms with Gasteiger partial charge in [-0.3, -0.25) is 0 Å². The molecule has 1 N–H and O–H groups in total. The third kappa shape index (κ3) is 2.12. The highest BCUT2D eigenvalue weighted by molar-refractivity contribution is 5.73. The predicted octanol–water partition coefficient (Wildman–Crippen LogP) is 2.10. The van der Waals surface area contributed by atoms with Crippen molar-refractivity contribution in [2.45, 2.75) is 19.4 Å². The van der Waals surface area contributed by atoms with Gasteiger partial charge >= 0.3 is 0 Å². The van der Waals surface area contributed by atoms with Crippen molar-refractivity contribution in [1.29, 1.82) is 5.26 Å². The lowest BCUT2D eigenvalue weighted by atomic mass is 9.93. The highest BCUT2D eigenvalue weighted by Crippen LogP contribution is 2.35. The molecule has 1 aliphatic heterocycles.